The Balaban J connectivity index is 2.11. The van der Waals surface area contributed by atoms with Crippen molar-refractivity contribution in [1.29, 1.82) is 0 Å². The summed E-state index contributed by atoms with van der Waals surface area (Å²) in [5.74, 6) is 0. The van der Waals surface area contributed by atoms with Gasteiger partial charge in [0, 0.05) is 17.5 Å². The lowest BCUT2D eigenvalue weighted by Gasteiger charge is -2.32. The minimum absolute atomic E-state index is 0.104. The highest BCUT2D eigenvalue weighted by atomic mass is 15.0. The van der Waals surface area contributed by atoms with Crippen molar-refractivity contribution in [2.45, 2.75) is 37.6 Å². The Bertz CT molecular complexity index is 521. The fourth-order valence-corrected chi connectivity index (χ4v) is 3.49. The Hall–Kier alpha value is -1.60. The lowest BCUT2D eigenvalue weighted by Crippen LogP contribution is -2.34. The van der Waals surface area contributed by atoms with E-state index < -0.39 is 0 Å². The Labute approximate surface area is 122 Å². The minimum Gasteiger partial charge on any atom is -0.310 e. The first-order valence-corrected chi connectivity index (χ1v) is 7.55. The number of hydrogen-bond acceptors (Lipinski definition) is 1. The summed E-state index contributed by atoms with van der Waals surface area (Å²) >= 11 is 0. The molecule has 20 heavy (non-hydrogen) atoms. The van der Waals surface area contributed by atoms with E-state index in [-0.39, 0.29) is 11.0 Å². The quantitative estimate of drug-likeness (QED) is 0.879. The number of benzene rings is 2. The Kier molecular flexibility index (Phi) is 3.39. The summed E-state index contributed by atoms with van der Waals surface area (Å²) in [5, 5.41) is 3.77. The smallest absolute Gasteiger partial charge is 0.0344 e. The molecule has 1 saturated heterocycles. The van der Waals surface area contributed by atoms with Gasteiger partial charge in [-0.05, 0) is 30.9 Å². The standard InChI is InChI=1S/C19H23N/c1-3-18(2)14-19(15-20-18,16-10-6-4-7-11-16)17-12-8-5-9-13-17/h4-13,20H,3,14-15H2,1-2H3/t18-/m0/s1. The molecule has 1 heteroatoms. The molecule has 0 radical (unpaired) electrons. The van der Waals surface area contributed by atoms with Crippen molar-refractivity contribution in [3.8, 4) is 0 Å². The highest BCUT2D eigenvalue weighted by molar-refractivity contribution is 5.42. The molecule has 1 fully saturated rings. The van der Waals surface area contributed by atoms with Crippen LogP contribution < -0.4 is 5.32 Å². The van der Waals surface area contributed by atoms with Crippen molar-refractivity contribution in [3.63, 3.8) is 0 Å². The first-order valence-electron chi connectivity index (χ1n) is 7.55. The van der Waals surface area contributed by atoms with Crippen LogP contribution in [-0.4, -0.2) is 12.1 Å². The first kappa shape index (κ1) is 13.4. The monoisotopic (exact) mass is 265 g/mol. The van der Waals surface area contributed by atoms with Crippen LogP contribution in [0, 0.1) is 0 Å². The summed E-state index contributed by atoms with van der Waals surface area (Å²) in [6.45, 7) is 5.64. The molecule has 104 valence electrons. The second-order valence-corrected chi connectivity index (χ2v) is 6.26. The normalized spacial score (nSPS) is 24.7. The van der Waals surface area contributed by atoms with Gasteiger partial charge in [0.05, 0.1) is 0 Å². The lowest BCUT2D eigenvalue weighted by atomic mass is 9.70. The van der Waals surface area contributed by atoms with Crippen LogP contribution in [0.25, 0.3) is 0 Å². The van der Waals surface area contributed by atoms with Gasteiger partial charge >= 0.3 is 0 Å². The van der Waals surface area contributed by atoms with E-state index in [0.717, 1.165) is 19.4 Å². The van der Waals surface area contributed by atoms with Gasteiger partial charge in [0.25, 0.3) is 0 Å². The predicted octanol–water partition coefficient (Wildman–Crippen LogP) is 4.13. The van der Waals surface area contributed by atoms with E-state index >= 15 is 0 Å². The average Bonchev–Trinajstić information content (AvgIpc) is 2.89. The number of nitrogens with one attached hydrogen (secondary N) is 1. The van der Waals surface area contributed by atoms with E-state index in [1.165, 1.54) is 11.1 Å². The second kappa shape index (κ2) is 5.06. The van der Waals surface area contributed by atoms with E-state index in [9.17, 15) is 0 Å². The van der Waals surface area contributed by atoms with E-state index in [1.54, 1.807) is 0 Å². The zero-order valence-corrected chi connectivity index (χ0v) is 12.4. The molecule has 1 heterocycles. The maximum absolute atomic E-state index is 3.77. The summed E-state index contributed by atoms with van der Waals surface area (Å²) in [6.07, 6.45) is 2.32. The molecule has 1 aliphatic heterocycles. The fourth-order valence-electron chi connectivity index (χ4n) is 3.49. The summed E-state index contributed by atoms with van der Waals surface area (Å²) in [7, 11) is 0. The minimum atomic E-state index is 0.104. The molecule has 1 nitrogen and oxygen atoms in total. The Morgan fingerprint density at radius 2 is 1.40 bits per heavy atom. The largest absolute Gasteiger partial charge is 0.310 e. The van der Waals surface area contributed by atoms with Crippen molar-refractivity contribution in [2.75, 3.05) is 6.54 Å². The summed E-state index contributed by atoms with van der Waals surface area (Å²) in [5.41, 5.74) is 3.19. The van der Waals surface area contributed by atoms with Crippen LogP contribution in [0.5, 0.6) is 0 Å². The van der Waals surface area contributed by atoms with E-state index in [0.29, 0.717) is 0 Å². The van der Waals surface area contributed by atoms with Crippen molar-refractivity contribution < 1.29 is 0 Å². The molecule has 1 aliphatic rings. The zero-order chi connectivity index (χ0) is 14.1. The molecule has 0 amide bonds. The van der Waals surface area contributed by atoms with Crippen LogP contribution in [0.3, 0.4) is 0 Å². The molecule has 0 unspecified atom stereocenters. The molecule has 0 bridgehead atoms. The second-order valence-electron chi connectivity index (χ2n) is 6.26. The van der Waals surface area contributed by atoms with Gasteiger partial charge in [0.15, 0.2) is 0 Å². The SMILES string of the molecule is CC[C@@]1(C)CC(c2ccccc2)(c2ccccc2)CN1. The van der Waals surface area contributed by atoms with Gasteiger partial charge in [-0.2, -0.15) is 0 Å². The number of rotatable bonds is 3. The van der Waals surface area contributed by atoms with Crippen LogP contribution in [-0.2, 0) is 5.41 Å². The number of hydrogen-bond donors (Lipinski definition) is 1. The average molecular weight is 265 g/mol. The fraction of sp³-hybridized carbons (Fsp3) is 0.368. The maximum atomic E-state index is 3.77. The van der Waals surface area contributed by atoms with Gasteiger partial charge in [-0.15, -0.1) is 0 Å². The molecule has 1 atom stereocenters. The third-order valence-electron chi connectivity index (χ3n) is 4.94. The van der Waals surface area contributed by atoms with Crippen molar-refractivity contribution in [2.24, 2.45) is 0 Å². The molecule has 0 aromatic heterocycles. The molecular formula is C19H23N. The van der Waals surface area contributed by atoms with Crippen molar-refractivity contribution in [3.05, 3.63) is 71.8 Å². The highest BCUT2D eigenvalue weighted by Crippen LogP contribution is 2.44. The van der Waals surface area contributed by atoms with Gasteiger partial charge in [0.2, 0.25) is 0 Å². The molecular weight excluding hydrogens is 242 g/mol. The van der Waals surface area contributed by atoms with Crippen LogP contribution in [0.2, 0.25) is 0 Å². The predicted molar refractivity (Wildman–Crippen MR) is 85.0 cm³/mol. The van der Waals surface area contributed by atoms with Crippen LogP contribution >= 0.6 is 0 Å². The molecule has 2 aromatic rings. The third kappa shape index (κ3) is 2.16. The van der Waals surface area contributed by atoms with Gasteiger partial charge < -0.3 is 5.32 Å². The van der Waals surface area contributed by atoms with Crippen LogP contribution in [0.1, 0.15) is 37.8 Å². The van der Waals surface area contributed by atoms with E-state index in [2.05, 4.69) is 79.8 Å². The zero-order valence-electron chi connectivity index (χ0n) is 12.4. The topological polar surface area (TPSA) is 12.0 Å². The van der Waals surface area contributed by atoms with Crippen LogP contribution in [0.4, 0.5) is 0 Å². The summed E-state index contributed by atoms with van der Waals surface area (Å²) in [4.78, 5) is 0. The highest BCUT2D eigenvalue weighted by Gasteiger charge is 2.46. The lowest BCUT2D eigenvalue weighted by molar-refractivity contribution is 0.385. The maximum Gasteiger partial charge on any atom is 0.0344 e. The van der Waals surface area contributed by atoms with E-state index in [4.69, 9.17) is 0 Å². The van der Waals surface area contributed by atoms with Gasteiger partial charge in [0.1, 0.15) is 0 Å². The summed E-state index contributed by atoms with van der Waals surface area (Å²) < 4.78 is 0. The molecule has 2 aromatic carbocycles. The first-order chi connectivity index (χ1) is 9.69. The van der Waals surface area contributed by atoms with Gasteiger partial charge in [-0.25, -0.2) is 0 Å². The van der Waals surface area contributed by atoms with Crippen molar-refractivity contribution >= 4 is 0 Å². The molecule has 3 rings (SSSR count). The Morgan fingerprint density at radius 3 is 1.80 bits per heavy atom. The van der Waals surface area contributed by atoms with Gasteiger partial charge in [-0.1, -0.05) is 67.6 Å². The van der Waals surface area contributed by atoms with Crippen LogP contribution in [0.15, 0.2) is 60.7 Å². The molecule has 0 saturated carbocycles. The molecule has 0 spiro atoms. The summed E-state index contributed by atoms with van der Waals surface area (Å²) in [6, 6.07) is 21.9. The Morgan fingerprint density at radius 1 is 0.900 bits per heavy atom. The third-order valence-corrected chi connectivity index (χ3v) is 4.94. The van der Waals surface area contributed by atoms with Crippen molar-refractivity contribution in [1.82, 2.24) is 5.32 Å². The van der Waals surface area contributed by atoms with E-state index in [1.807, 2.05) is 0 Å². The van der Waals surface area contributed by atoms with Gasteiger partial charge in [-0.3, -0.25) is 0 Å². The molecule has 0 aliphatic carbocycles. The molecule has 1 N–H and O–H groups in total.